The fourth-order valence-corrected chi connectivity index (χ4v) is 2.47. The highest BCUT2D eigenvalue weighted by atomic mass is 19.1. The minimum Gasteiger partial charge on any atom is -0.324 e. The van der Waals surface area contributed by atoms with Crippen LogP contribution in [0.25, 0.3) is 0 Å². The van der Waals surface area contributed by atoms with E-state index in [4.69, 9.17) is 0 Å². The predicted molar refractivity (Wildman–Crippen MR) is 84.3 cm³/mol. The molecule has 0 unspecified atom stereocenters. The van der Waals surface area contributed by atoms with Gasteiger partial charge in [-0.05, 0) is 32.0 Å². The number of halogens is 1. The van der Waals surface area contributed by atoms with E-state index in [0.29, 0.717) is 12.2 Å². The van der Waals surface area contributed by atoms with Gasteiger partial charge in [-0.1, -0.05) is 13.8 Å². The lowest BCUT2D eigenvalue weighted by atomic mass is 9.65. The SMILES string of the molecule is CC(=O)Nc1cc(NC(=O)N2CC(C)(C)C2(C)C)ccc1F. The highest BCUT2D eigenvalue weighted by molar-refractivity contribution is 5.93. The van der Waals surface area contributed by atoms with E-state index in [1.54, 1.807) is 4.90 Å². The molecule has 3 amide bonds. The number of urea groups is 1. The van der Waals surface area contributed by atoms with E-state index in [1.807, 2.05) is 13.8 Å². The molecular formula is C16H22FN3O2. The quantitative estimate of drug-likeness (QED) is 0.879. The molecule has 0 atom stereocenters. The summed E-state index contributed by atoms with van der Waals surface area (Å²) in [5, 5.41) is 5.14. The van der Waals surface area contributed by atoms with Gasteiger partial charge in [-0.15, -0.1) is 0 Å². The minimum absolute atomic E-state index is 0.0495. The Morgan fingerprint density at radius 2 is 1.82 bits per heavy atom. The Morgan fingerprint density at radius 3 is 2.32 bits per heavy atom. The monoisotopic (exact) mass is 307 g/mol. The fourth-order valence-electron chi connectivity index (χ4n) is 2.47. The summed E-state index contributed by atoms with van der Waals surface area (Å²) in [7, 11) is 0. The van der Waals surface area contributed by atoms with Gasteiger partial charge in [-0.25, -0.2) is 9.18 Å². The van der Waals surface area contributed by atoms with Gasteiger partial charge in [0.2, 0.25) is 5.91 Å². The van der Waals surface area contributed by atoms with Crippen LogP contribution in [0.4, 0.5) is 20.6 Å². The van der Waals surface area contributed by atoms with Crippen LogP contribution >= 0.6 is 0 Å². The van der Waals surface area contributed by atoms with Gasteiger partial charge in [-0.3, -0.25) is 4.79 Å². The summed E-state index contributed by atoms with van der Waals surface area (Å²) < 4.78 is 13.6. The summed E-state index contributed by atoms with van der Waals surface area (Å²) in [4.78, 5) is 25.1. The molecule has 2 N–H and O–H groups in total. The number of carbonyl (C=O) groups is 2. The van der Waals surface area contributed by atoms with Gasteiger partial charge in [0.15, 0.2) is 0 Å². The van der Waals surface area contributed by atoms with Crippen molar-refractivity contribution in [2.24, 2.45) is 5.41 Å². The van der Waals surface area contributed by atoms with Gasteiger partial charge in [-0.2, -0.15) is 0 Å². The first-order valence-corrected chi connectivity index (χ1v) is 7.20. The van der Waals surface area contributed by atoms with Gasteiger partial charge in [0.25, 0.3) is 0 Å². The molecule has 1 heterocycles. The molecule has 120 valence electrons. The molecule has 0 radical (unpaired) electrons. The van der Waals surface area contributed by atoms with Crippen LogP contribution in [0, 0.1) is 11.2 Å². The molecule has 1 aromatic rings. The van der Waals surface area contributed by atoms with Crippen molar-refractivity contribution in [3.63, 3.8) is 0 Å². The molecule has 22 heavy (non-hydrogen) atoms. The Balaban J connectivity index is 2.12. The average Bonchev–Trinajstić information content (AvgIpc) is 2.39. The van der Waals surface area contributed by atoms with Crippen LogP contribution in [-0.2, 0) is 4.79 Å². The highest BCUT2D eigenvalue weighted by Gasteiger charge is 2.54. The standard InChI is InChI=1S/C16H22FN3O2/c1-10(21)18-13-8-11(6-7-12(13)17)19-14(22)20-9-15(2,3)16(20,4)5/h6-8H,9H2,1-5H3,(H,18,21)(H,19,22). The summed E-state index contributed by atoms with van der Waals surface area (Å²) in [6.07, 6.45) is 0. The average molecular weight is 307 g/mol. The Bertz CT molecular complexity index is 626. The van der Waals surface area contributed by atoms with Gasteiger partial charge in [0.05, 0.1) is 5.69 Å². The summed E-state index contributed by atoms with van der Waals surface area (Å²) in [5.74, 6) is -0.911. The molecule has 1 aliphatic heterocycles. The van der Waals surface area contributed by atoms with E-state index < -0.39 is 5.82 Å². The van der Waals surface area contributed by atoms with Crippen LogP contribution in [0.1, 0.15) is 34.6 Å². The van der Waals surface area contributed by atoms with Crippen LogP contribution in [-0.4, -0.2) is 28.9 Å². The molecule has 1 aromatic carbocycles. The van der Waals surface area contributed by atoms with Crippen molar-refractivity contribution in [1.82, 2.24) is 4.90 Å². The first-order chi connectivity index (χ1) is 10.0. The number of carbonyl (C=O) groups excluding carboxylic acids is 2. The molecule has 1 saturated heterocycles. The Hall–Kier alpha value is -2.11. The largest absolute Gasteiger partial charge is 0.324 e. The Kier molecular flexibility index (Phi) is 3.89. The zero-order valence-electron chi connectivity index (χ0n) is 13.6. The number of amides is 3. The van der Waals surface area contributed by atoms with Gasteiger partial charge in [0.1, 0.15) is 5.82 Å². The second-order valence-corrected chi connectivity index (χ2v) is 6.84. The molecule has 0 spiro atoms. The van der Waals surface area contributed by atoms with Crippen molar-refractivity contribution in [2.45, 2.75) is 40.2 Å². The number of nitrogens with one attached hydrogen (secondary N) is 2. The van der Waals surface area contributed by atoms with Crippen molar-refractivity contribution in [1.29, 1.82) is 0 Å². The third kappa shape index (κ3) is 2.77. The molecule has 1 fully saturated rings. The van der Waals surface area contributed by atoms with E-state index >= 15 is 0 Å². The third-order valence-corrected chi connectivity index (χ3v) is 4.66. The van der Waals surface area contributed by atoms with Crippen LogP contribution in [0.3, 0.4) is 0 Å². The molecular weight excluding hydrogens is 285 g/mol. The molecule has 0 aliphatic carbocycles. The molecule has 5 nitrogen and oxygen atoms in total. The molecule has 1 aliphatic rings. The van der Waals surface area contributed by atoms with E-state index in [2.05, 4.69) is 24.5 Å². The third-order valence-electron chi connectivity index (χ3n) is 4.66. The highest BCUT2D eigenvalue weighted by Crippen LogP contribution is 2.46. The second kappa shape index (κ2) is 5.26. The first-order valence-electron chi connectivity index (χ1n) is 7.20. The van der Waals surface area contributed by atoms with Crippen LogP contribution in [0.15, 0.2) is 18.2 Å². The summed E-state index contributed by atoms with van der Waals surface area (Å²) >= 11 is 0. The number of hydrogen-bond acceptors (Lipinski definition) is 2. The smallest absolute Gasteiger partial charge is 0.322 e. The Labute approximate surface area is 129 Å². The molecule has 0 bridgehead atoms. The Morgan fingerprint density at radius 1 is 1.18 bits per heavy atom. The normalized spacial score (nSPS) is 18.4. The van der Waals surface area contributed by atoms with Crippen molar-refractivity contribution in [3.05, 3.63) is 24.0 Å². The molecule has 0 saturated carbocycles. The number of likely N-dealkylation sites (tertiary alicyclic amines) is 1. The zero-order chi connectivity index (χ0) is 16.7. The maximum Gasteiger partial charge on any atom is 0.322 e. The fraction of sp³-hybridized carbons (Fsp3) is 0.500. The summed E-state index contributed by atoms with van der Waals surface area (Å²) in [5.41, 5.74) is 0.288. The van der Waals surface area contributed by atoms with Crippen molar-refractivity contribution >= 4 is 23.3 Å². The second-order valence-electron chi connectivity index (χ2n) is 6.84. The van der Waals surface area contributed by atoms with E-state index in [0.717, 1.165) is 0 Å². The minimum atomic E-state index is -0.543. The summed E-state index contributed by atoms with van der Waals surface area (Å²) in [6.45, 7) is 10.2. The van der Waals surface area contributed by atoms with E-state index in [1.165, 1.54) is 25.1 Å². The van der Waals surface area contributed by atoms with E-state index in [9.17, 15) is 14.0 Å². The van der Waals surface area contributed by atoms with Gasteiger partial charge in [0, 0.05) is 30.1 Å². The summed E-state index contributed by atoms with van der Waals surface area (Å²) in [6, 6.07) is 3.86. The van der Waals surface area contributed by atoms with Gasteiger partial charge < -0.3 is 15.5 Å². The number of rotatable bonds is 2. The van der Waals surface area contributed by atoms with Crippen LogP contribution in [0.5, 0.6) is 0 Å². The maximum atomic E-state index is 13.6. The maximum absolute atomic E-state index is 13.6. The first kappa shape index (κ1) is 16.3. The molecule has 0 aromatic heterocycles. The predicted octanol–water partition coefficient (Wildman–Crippen LogP) is 3.44. The topological polar surface area (TPSA) is 61.4 Å². The van der Waals surface area contributed by atoms with E-state index in [-0.39, 0.29) is 28.6 Å². The lowest BCUT2D eigenvalue weighted by Gasteiger charge is -2.60. The number of hydrogen-bond donors (Lipinski definition) is 2. The van der Waals surface area contributed by atoms with Crippen molar-refractivity contribution in [3.8, 4) is 0 Å². The molecule has 6 heteroatoms. The zero-order valence-corrected chi connectivity index (χ0v) is 13.6. The number of nitrogens with zero attached hydrogens (tertiary/aromatic N) is 1. The number of anilines is 2. The lowest BCUT2D eigenvalue weighted by molar-refractivity contribution is -0.114. The van der Waals surface area contributed by atoms with Crippen LogP contribution < -0.4 is 10.6 Å². The molecule has 2 rings (SSSR count). The van der Waals surface area contributed by atoms with Gasteiger partial charge >= 0.3 is 6.03 Å². The number of benzene rings is 1. The van der Waals surface area contributed by atoms with Crippen LogP contribution in [0.2, 0.25) is 0 Å². The van der Waals surface area contributed by atoms with Crippen molar-refractivity contribution < 1.29 is 14.0 Å². The lowest BCUT2D eigenvalue weighted by Crippen LogP contribution is -2.71. The van der Waals surface area contributed by atoms with Crippen molar-refractivity contribution in [2.75, 3.05) is 17.2 Å².